The Bertz CT molecular complexity index is 728. The summed E-state index contributed by atoms with van der Waals surface area (Å²) in [6, 6.07) is 3.21. The molecule has 0 aliphatic rings. The second-order valence-corrected chi connectivity index (χ2v) is 7.76. The Balaban J connectivity index is 3.38. The molecule has 0 radical (unpaired) electrons. The molecule has 1 atom stereocenters. The number of halogens is 1. The average Bonchev–Trinajstić information content (AvgIpc) is 2.49. The molecule has 0 spiro atoms. The number of rotatable bonds is 7. The van der Waals surface area contributed by atoms with Crippen LogP contribution in [0.25, 0.3) is 0 Å². The van der Waals surface area contributed by atoms with Gasteiger partial charge in [-0.2, -0.15) is 4.31 Å². The first-order valence-electron chi connectivity index (χ1n) is 7.48. The van der Waals surface area contributed by atoms with Gasteiger partial charge in [-0.15, -0.1) is 0 Å². The largest absolute Gasteiger partial charge is 0.465 e. The maximum absolute atomic E-state index is 13.0. The van der Waals surface area contributed by atoms with Gasteiger partial charge < -0.3 is 10.5 Å². The van der Waals surface area contributed by atoms with Crippen molar-refractivity contribution in [1.29, 1.82) is 0 Å². The van der Waals surface area contributed by atoms with E-state index in [0.29, 0.717) is 0 Å². The van der Waals surface area contributed by atoms with Gasteiger partial charge in [0.05, 0.1) is 12.3 Å². The molecular weight excluding hydrogens is 352 g/mol. The summed E-state index contributed by atoms with van der Waals surface area (Å²) in [5, 5.41) is 0.244. The fourth-order valence-corrected chi connectivity index (χ4v) is 3.88. The van der Waals surface area contributed by atoms with E-state index in [-0.39, 0.29) is 28.8 Å². The highest BCUT2D eigenvalue weighted by molar-refractivity contribution is 7.89. The lowest BCUT2D eigenvalue weighted by atomic mass is 10.3. The van der Waals surface area contributed by atoms with Crippen LogP contribution in [0, 0.1) is 0 Å². The Morgan fingerprint density at radius 2 is 2.04 bits per heavy atom. The van der Waals surface area contributed by atoms with Crippen LogP contribution in [-0.4, -0.2) is 37.9 Å². The van der Waals surface area contributed by atoms with Crippen molar-refractivity contribution in [2.45, 2.75) is 38.6 Å². The predicted octanol–water partition coefficient (Wildman–Crippen LogP) is 2.83. The molecule has 0 aliphatic carbocycles. The van der Waals surface area contributed by atoms with Gasteiger partial charge in [-0.25, -0.2) is 8.42 Å². The van der Waals surface area contributed by atoms with E-state index in [4.69, 9.17) is 22.1 Å². The zero-order chi connectivity index (χ0) is 18.5. The van der Waals surface area contributed by atoms with E-state index in [0.717, 1.165) is 9.88 Å². The Morgan fingerprint density at radius 1 is 1.42 bits per heavy atom. The number of hydrogen-bond donors (Lipinski definition) is 1. The summed E-state index contributed by atoms with van der Waals surface area (Å²) in [6.45, 7) is 7.01. The quantitative estimate of drug-likeness (QED) is 0.450. The van der Waals surface area contributed by atoms with E-state index in [1.54, 1.807) is 13.0 Å². The number of esters is 1. The molecule has 8 heteroatoms. The lowest BCUT2D eigenvalue weighted by molar-refractivity contribution is -0.147. The van der Waals surface area contributed by atoms with Crippen molar-refractivity contribution in [2.24, 2.45) is 0 Å². The topological polar surface area (TPSA) is 89.7 Å². The first-order valence-corrected chi connectivity index (χ1v) is 9.30. The number of sulfonamides is 1. The third-order valence-corrected chi connectivity index (χ3v) is 5.53. The summed E-state index contributed by atoms with van der Waals surface area (Å²) < 4.78 is 32.0. The molecule has 6 nitrogen and oxygen atoms in total. The SMILES string of the molecule is CCOC(=O)C(C)N(CC=C(C)C)S(=O)(=O)c1cc(Cl)ccc1N. The number of nitrogens with zero attached hydrogens (tertiary/aromatic N) is 1. The highest BCUT2D eigenvalue weighted by Gasteiger charge is 2.34. The number of carbonyl (C=O) groups is 1. The summed E-state index contributed by atoms with van der Waals surface area (Å²) >= 11 is 5.90. The van der Waals surface area contributed by atoms with Gasteiger partial charge in [0, 0.05) is 11.6 Å². The van der Waals surface area contributed by atoms with E-state index < -0.39 is 22.0 Å². The molecule has 0 saturated carbocycles. The molecule has 0 aromatic heterocycles. The van der Waals surface area contributed by atoms with Gasteiger partial charge in [-0.3, -0.25) is 4.79 Å². The van der Waals surface area contributed by atoms with Crippen molar-refractivity contribution in [2.75, 3.05) is 18.9 Å². The van der Waals surface area contributed by atoms with Crippen LogP contribution in [-0.2, 0) is 19.6 Å². The molecule has 1 unspecified atom stereocenters. The van der Waals surface area contributed by atoms with E-state index in [9.17, 15) is 13.2 Å². The van der Waals surface area contributed by atoms with Crippen LogP contribution in [0.1, 0.15) is 27.7 Å². The normalized spacial score (nSPS) is 12.8. The second-order valence-electron chi connectivity index (χ2n) is 5.47. The van der Waals surface area contributed by atoms with Crippen LogP contribution < -0.4 is 5.73 Å². The number of carbonyl (C=O) groups excluding carboxylic acids is 1. The summed E-state index contributed by atoms with van der Waals surface area (Å²) in [7, 11) is -4.03. The summed E-state index contributed by atoms with van der Waals surface area (Å²) in [4.78, 5) is 11.9. The van der Waals surface area contributed by atoms with Crippen LogP contribution in [0.4, 0.5) is 5.69 Å². The summed E-state index contributed by atoms with van der Waals surface area (Å²) in [5.74, 6) is -0.621. The molecule has 134 valence electrons. The van der Waals surface area contributed by atoms with E-state index >= 15 is 0 Å². The second kappa shape index (κ2) is 8.50. The van der Waals surface area contributed by atoms with Crippen molar-refractivity contribution in [3.8, 4) is 0 Å². The van der Waals surface area contributed by atoms with Gasteiger partial charge in [0.1, 0.15) is 10.9 Å². The van der Waals surface area contributed by atoms with Crippen molar-refractivity contribution >= 4 is 33.3 Å². The predicted molar refractivity (Wildman–Crippen MR) is 95.3 cm³/mol. The Labute approximate surface area is 148 Å². The fourth-order valence-electron chi connectivity index (χ4n) is 1.98. The number of ether oxygens (including phenoxy) is 1. The van der Waals surface area contributed by atoms with Gasteiger partial charge in [-0.1, -0.05) is 23.3 Å². The van der Waals surface area contributed by atoms with Crippen LogP contribution in [0.5, 0.6) is 0 Å². The Morgan fingerprint density at radius 3 is 2.58 bits per heavy atom. The minimum absolute atomic E-state index is 0.0244. The van der Waals surface area contributed by atoms with Crippen molar-refractivity contribution in [1.82, 2.24) is 4.31 Å². The zero-order valence-electron chi connectivity index (χ0n) is 14.2. The monoisotopic (exact) mass is 374 g/mol. The minimum atomic E-state index is -4.03. The van der Waals surface area contributed by atoms with E-state index in [2.05, 4.69) is 0 Å². The van der Waals surface area contributed by atoms with Crippen LogP contribution in [0.2, 0.25) is 5.02 Å². The molecular formula is C16H23ClN2O4S. The van der Waals surface area contributed by atoms with Crippen molar-refractivity contribution in [3.63, 3.8) is 0 Å². The van der Waals surface area contributed by atoms with Crippen molar-refractivity contribution < 1.29 is 17.9 Å². The zero-order valence-corrected chi connectivity index (χ0v) is 15.8. The highest BCUT2D eigenvalue weighted by Crippen LogP contribution is 2.27. The molecule has 0 heterocycles. The standard InChI is InChI=1S/C16H23ClN2O4S/c1-5-23-16(20)12(4)19(9-8-11(2)3)24(21,22)15-10-13(17)6-7-14(15)18/h6-8,10,12H,5,9,18H2,1-4H3. The first-order chi connectivity index (χ1) is 11.1. The molecule has 1 aromatic rings. The Kier molecular flexibility index (Phi) is 7.26. The maximum Gasteiger partial charge on any atom is 0.324 e. The average molecular weight is 375 g/mol. The third-order valence-electron chi connectivity index (χ3n) is 3.30. The van der Waals surface area contributed by atoms with E-state index in [1.165, 1.54) is 25.1 Å². The van der Waals surface area contributed by atoms with Crippen LogP contribution in [0.15, 0.2) is 34.7 Å². The lowest BCUT2D eigenvalue weighted by Gasteiger charge is -2.26. The smallest absolute Gasteiger partial charge is 0.324 e. The molecule has 0 aliphatic heterocycles. The number of hydrogen-bond acceptors (Lipinski definition) is 5. The lowest BCUT2D eigenvalue weighted by Crippen LogP contribution is -2.44. The highest BCUT2D eigenvalue weighted by atomic mass is 35.5. The number of anilines is 1. The van der Waals surface area contributed by atoms with Gasteiger partial charge in [-0.05, 0) is 45.9 Å². The van der Waals surface area contributed by atoms with Crippen LogP contribution in [0.3, 0.4) is 0 Å². The third kappa shape index (κ3) is 4.96. The van der Waals surface area contributed by atoms with Gasteiger partial charge in [0.25, 0.3) is 0 Å². The number of nitrogen functional groups attached to an aromatic ring is 1. The molecule has 0 fully saturated rings. The molecule has 0 amide bonds. The number of benzene rings is 1. The van der Waals surface area contributed by atoms with Gasteiger partial charge >= 0.3 is 5.97 Å². The van der Waals surface area contributed by atoms with Gasteiger partial charge in [0.15, 0.2) is 0 Å². The molecule has 2 N–H and O–H groups in total. The minimum Gasteiger partial charge on any atom is -0.465 e. The number of allylic oxidation sites excluding steroid dienone is 1. The van der Waals surface area contributed by atoms with Crippen molar-refractivity contribution in [3.05, 3.63) is 34.9 Å². The van der Waals surface area contributed by atoms with Crippen LogP contribution >= 0.6 is 11.6 Å². The first kappa shape index (κ1) is 20.5. The molecule has 1 aromatic carbocycles. The maximum atomic E-state index is 13.0. The summed E-state index contributed by atoms with van der Waals surface area (Å²) in [6.07, 6.45) is 1.72. The molecule has 0 saturated heterocycles. The number of nitrogens with two attached hydrogens (primary N) is 1. The van der Waals surface area contributed by atoms with E-state index in [1.807, 2.05) is 13.8 Å². The fraction of sp³-hybridized carbons (Fsp3) is 0.438. The molecule has 1 rings (SSSR count). The Hall–Kier alpha value is -1.57. The summed E-state index contributed by atoms with van der Waals surface area (Å²) in [5.41, 5.74) is 6.80. The molecule has 24 heavy (non-hydrogen) atoms. The molecule has 0 bridgehead atoms. The van der Waals surface area contributed by atoms with Gasteiger partial charge in [0.2, 0.25) is 10.0 Å².